The number of methoxy groups -OCH3 is 1. The zero-order valence-electron chi connectivity index (χ0n) is 20.1. The Morgan fingerprint density at radius 2 is 1.72 bits per heavy atom. The smallest absolute Gasteiger partial charge is 0.672 e. The Hall–Kier alpha value is -1.08. The van der Waals surface area contributed by atoms with Gasteiger partial charge in [0, 0.05) is 18.7 Å². The zero-order chi connectivity index (χ0) is 26.4. The predicted octanol–water partition coefficient (Wildman–Crippen LogP) is 4.02. The van der Waals surface area contributed by atoms with Crippen molar-refractivity contribution in [3.8, 4) is 0 Å². The van der Waals surface area contributed by atoms with Gasteiger partial charge >= 0.3 is 63.7 Å². The molecule has 0 saturated heterocycles. The second-order valence-corrected chi connectivity index (χ2v) is 8.25. The summed E-state index contributed by atoms with van der Waals surface area (Å²) in [6.45, 7) is 1.66. The Bertz CT molecular complexity index is 1020. The van der Waals surface area contributed by atoms with E-state index in [4.69, 9.17) is 16.3 Å². The van der Waals surface area contributed by atoms with E-state index in [1.165, 1.54) is 49.6 Å². The van der Waals surface area contributed by atoms with Crippen molar-refractivity contribution in [3.05, 3.63) is 75.1 Å². The summed E-state index contributed by atoms with van der Waals surface area (Å²) < 4.78 is 83.1. The summed E-state index contributed by atoms with van der Waals surface area (Å²) >= 11 is 6.08. The molecule has 0 spiro atoms. The summed E-state index contributed by atoms with van der Waals surface area (Å²) in [6, 6.07) is 7.36. The van der Waals surface area contributed by atoms with Gasteiger partial charge in [-0.2, -0.15) is 26.3 Å². The van der Waals surface area contributed by atoms with Crippen molar-refractivity contribution in [1.29, 1.82) is 0 Å². The van der Waals surface area contributed by atoms with Gasteiger partial charge in [-0.1, -0.05) is 54.1 Å². The van der Waals surface area contributed by atoms with Gasteiger partial charge in [0.25, 0.3) is 0 Å². The average molecular weight is 561 g/mol. The number of allylic oxidation sites excluding steroid dienone is 1. The predicted molar refractivity (Wildman–Crippen MR) is 123 cm³/mol. The van der Waals surface area contributed by atoms with Crippen LogP contribution in [0.5, 0.6) is 0 Å². The van der Waals surface area contributed by atoms with E-state index in [0.717, 1.165) is 6.08 Å². The van der Waals surface area contributed by atoms with Gasteiger partial charge < -0.3 is 15.4 Å². The molecule has 12 heteroatoms. The van der Waals surface area contributed by atoms with E-state index in [9.17, 15) is 31.1 Å². The van der Waals surface area contributed by atoms with Gasteiger partial charge in [-0.15, -0.1) is 5.69 Å². The molecule has 0 saturated carbocycles. The van der Waals surface area contributed by atoms with Gasteiger partial charge in [0.1, 0.15) is 6.54 Å². The Labute approximate surface area is 253 Å². The van der Waals surface area contributed by atoms with Crippen molar-refractivity contribution in [2.45, 2.75) is 38.2 Å². The number of amides is 1. The third-order valence-electron chi connectivity index (χ3n) is 5.11. The molecular weight excluding hydrogens is 537 g/mol. The maximum atomic E-state index is 13.7. The quantitative estimate of drug-likeness (QED) is 0.372. The number of benzene rings is 2. The second kappa shape index (κ2) is 14.2. The molecule has 4 nitrogen and oxygen atoms in total. The van der Waals surface area contributed by atoms with Gasteiger partial charge in [0.15, 0.2) is 0 Å². The molecule has 0 aromatic heterocycles. The molecule has 0 radical (unpaired) electrons. The first-order valence-corrected chi connectivity index (χ1v) is 10.7. The number of carbonyl (C=O) groups is 1. The Morgan fingerprint density at radius 1 is 1.11 bits per heavy atom. The molecule has 2 aromatic carbocycles. The fourth-order valence-electron chi connectivity index (χ4n) is 3.13. The molecule has 0 aliphatic carbocycles. The number of halogens is 7. The molecule has 2 aromatic rings. The maximum Gasteiger partial charge on any atom is 1.00 e. The van der Waals surface area contributed by atoms with Gasteiger partial charge in [0.05, 0.1) is 5.92 Å². The number of carbonyl (C=O) groups excluding carboxylic acids is 1. The fourth-order valence-corrected chi connectivity index (χ4v) is 3.40. The van der Waals surface area contributed by atoms with Crippen LogP contribution in [0.4, 0.5) is 32.0 Å². The molecule has 0 bridgehead atoms. The molecule has 1 N–H and O–H groups in total. The third-order valence-corrected chi connectivity index (χ3v) is 5.50. The first-order valence-electron chi connectivity index (χ1n) is 10.4. The molecule has 192 valence electrons. The molecule has 0 aliphatic heterocycles. The summed E-state index contributed by atoms with van der Waals surface area (Å²) in [4.78, 5) is 12.0. The molecule has 2 rings (SSSR count). The van der Waals surface area contributed by atoms with E-state index in [2.05, 4.69) is 5.32 Å². The minimum absolute atomic E-state index is 0. The van der Waals surface area contributed by atoms with E-state index in [1.807, 2.05) is 0 Å². The molecule has 36 heavy (non-hydrogen) atoms. The Kier molecular flexibility index (Phi) is 13.0. The minimum atomic E-state index is -4.57. The summed E-state index contributed by atoms with van der Waals surface area (Å²) in [5.41, 5.74) is 2.04. The first-order chi connectivity index (χ1) is 16.2. The molecular formula is C24H24ClF6KN2O2. The normalized spacial score (nSPS) is 13.7. The summed E-state index contributed by atoms with van der Waals surface area (Å²) in [7, 11) is 1.27. The Balaban J connectivity index is 0.00000648. The first kappa shape index (κ1) is 32.9. The largest absolute Gasteiger partial charge is 1.00 e. The zero-order valence-corrected chi connectivity index (χ0v) is 24.0. The van der Waals surface area contributed by atoms with Gasteiger partial charge in [0.2, 0.25) is 5.91 Å². The molecule has 0 aliphatic rings. The van der Waals surface area contributed by atoms with Crippen LogP contribution in [0.15, 0.2) is 42.5 Å². The van der Waals surface area contributed by atoms with Gasteiger partial charge in [-0.25, -0.2) is 0 Å². The van der Waals surface area contributed by atoms with Crippen LogP contribution in [0.3, 0.4) is 0 Å². The summed E-state index contributed by atoms with van der Waals surface area (Å²) in [6.07, 6.45) is -6.80. The van der Waals surface area contributed by atoms with Crippen LogP contribution in [0.2, 0.25) is 5.02 Å². The van der Waals surface area contributed by atoms with Gasteiger partial charge in [-0.3, -0.25) is 4.79 Å². The van der Waals surface area contributed by atoms with Crippen LogP contribution in [0, 0.1) is 13.8 Å². The average Bonchev–Trinajstić information content (AvgIpc) is 2.75. The van der Waals surface area contributed by atoms with E-state index < -0.39 is 36.8 Å². The monoisotopic (exact) mass is 560 g/mol. The van der Waals surface area contributed by atoms with Crippen molar-refractivity contribution < 1.29 is 87.3 Å². The number of alkyl halides is 6. The standard InChI is InChI=1S/C24H24ClF6N2O2.K/c1-14-10-17(11-20(25)15(14)2)19(24(29,30)31)9-6-16-4-7-18(8-5-16)33-21(12-35-3)22(34)32-13-23(26,27)28;/h4-11,19,21H,12-13H2,1-3H3,(H,32,34);/q-1;+1/b9-6+;. The molecule has 2 unspecified atom stereocenters. The maximum absolute atomic E-state index is 13.7. The van der Waals surface area contributed by atoms with Crippen LogP contribution < -0.4 is 56.7 Å². The van der Waals surface area contributed by atoms with Crippen LogP contribution in [0.25, 0.3) is 11.4 Å². The number of ether oxygens (including phenoxy) is 1. The molecule has 0 fully saturated rings. The van der Waals surface area contributed by atoms with E-state index >= 15 is 0 Å². The van der Waals surface area contributed by atoms with Crippen molar-refractivity contribution in [2.75, 3.05) is 20.3 Å². The van der Waals surface area contributed by atoms with Crippen molar-refractivity contribution in [2.24, 2.45) is 0 Å². The molecule has 1 amide bonds. The van der Waals surface area contributed by atoms with Crippen molar-refractivity contribution >= 4 is 29.3 Å². The van der Waals surface area contributed by atoms with E-state index in [-0.39, 0.29) is 74.3 Å². The summed E-state index contributed by atoms with van der Waals surface area (Å²) in [5.74, 6) is -2.85. The van der Waals surface area contributed by atoms with E-state index in [1.54, 1.807) is 19.2 Å². The second-order valence-electron chi connectivity index (χ2n) is 7.85. The van der Waals surface area contributed by atoms with Crippen molar-refractivity contribution in [3.63, 3.8) is 0 Å². The number of rotatable bonds is 9. The number of nitrogens with one attached hydrogen (secondary N) is 1. The number of hydrogen-bond acceptors (Lipinski definition) is 2. The SMILES string of the molecule is COCC([N-]c1ccc(/C=C/C(c2cc(C)c(C)c(Cl)c2)C(F)(F)F)cc1)C(=O)NCC(F)(F)F.[K+]. The number of hydrogen-bond donors (Lipinski definition) is 1. The number of nitrogens with zero attached hydrogens (tertiary/aromatic N) is 1. The van der Waals surface area contributed by atoms with E-state index in [0.29, 0.717) is 16.7 Å². The molecule has 0 heterocycles. The van der Waals surface area contributed by atoms with Crippen molar-refractivity contribution in [1.82, 2.24) is 5.32 Å². The fraction of sp³-hybridized carbons (Fsp3) is 0.375. The number of aryl methyl sites for hydroxylation is 1. The summed E-state index contributed by atoms with van der Waals surface area (Å²) in [5, 5.41) is 6.07. The van der Waals surface area contributed by atoms with Gasteiger partial charge in [-0.05, 0) is 48.2 Å². The van der Waals surface area contributed by atoms with Crippen LogP contribution >= 0.6 is 11.6 Å². The van der Waals surface area contributed by atoms with Crippen LogP contribution in [0.1, 0.15) is 28.2 Å². The van der Waals surface area contributed by atoms with Crippen LogP contribution in [-0.2, 0) is 9.53 Å². The minimum Gasteiger partial charge on any atom is -0.672 e. The third kappa shape index (κ3) is 10.4. The topological polar surface area (TPSA) is 52.4 Å². The Morgan fingerprint density at radius 3 is 2.22 bits per heavy atom. The van der Waals surface area contributed by atoms with Crippen LogP contribution in [-0.4, -0.2) is 44.6 Å². The molecule has 2 atom stereocenters.